The zero-order valence-corrected chi connectivity index (χ0v) is 20.0. The van der Waals surface area contributed by atoms with Gasteiger partial charge in [-0.25, -0.2) is 0 Å². The highest BCUT2D eigenvalue weighted by Crippen LogP contribution is 2.54. The minimum absolute atomic E-state index is 0.394. The van der Waals surface area contributed by atoms with Gasteiger partial charge in [0.2, 0.25) is 0 Å². The lowest BCUT2D eigenvalue weighted by molar-refractivity contribution is 0.0126. The summed E-state index contributed by atoms with van der Waals surface area (Å²) in [5.74, 6) is 0. The van der Waals surface area contributed by atoms with Crippen molar-refractivity contribution < 1.29 is 9.47 Å². The van der Waals surface area contributed by atoms with Crippen molar-refractivity contribution in [3.8, 4) is 0 Å². The van der Waals surface area contributed by atoms with Gasteiger partial charge in [-0.2, -0.15) is 0 Å². The summed E-state index contributed by atoms with van der Waals surface area (Å²) in [6.07, 6.45) is 4.36. The molecule has 0 spiro atoms. The highest BCUT2D eigenvalue weighted by atomic mass is 28.3. The molecule has 1 aromatic rings. The van der Waals surface area contributed by atoms with Crippen LogP contribution in [0.15, 0.2) is 30.3 Å². The standard InChI is InChI=1S/C22H40O2Si2/c1-8-12-19-21(25(2,3)4)22(26(5,6)7)20(24-19)15-16-23-17-18-13-10-9-11-14-18/h9-11,13-14,19-22H,8,12,15-17H2,1-7H3/t19-,20+,21-,22-/m0/s1. The number of hydrogen-bond acceptors (Lipinski definition) is 2. The van der Waals surface area contributed by atoms with Crippen LogP contribution in [0.5, 0.6) is 0 Å². The molecule has 4 atom stereocenters. The van der Waals surface area contributed by atoms with Crippen LogP contribution in [0.1, 0.15) is 31.7 Å². The van der Waals surface area contributed by atoms with Crippen molar-refractivity contribution in [3.05, 3.63) is 35.9 Å². The van der Waals surface area contributed by atoms with Crippen molar-refractivity contribution in [1.82, 2.24) is 0 Å². The fourth-order valence-electron chi connectivity index (χ4n) is 4.79. The Labute approximate surface area is 163 Å². The molecule has 1 fully saturated rings. The first-order valence-corrected chi connectivity index (χ1v) is 17.6. The van der Waals surface area contributed by atoms with Gasteiger partial charge in [0.05, 0.1) is 35.0 Å². The second-order valence-electron chi connectivity index (χ2n) is 10.1. The Kier molecular flexibility index (Phi) is 7.72. The summed E-state index contributed by atoms with van der Waals surface area (Å²) in [5, 5.41) is 0. The predicted octanol–water partition coefficient (Wildman–Crippen LogP) is 6.58. The van der Waals surface area contributed by atoms with Crippen molar-refractivity contribution in [2.24, 2.45) is 0 Å². The maximum atomic E-state index is 6.72. The van der Waals surface area contributed by atoms with Crippen molar-refractivity contribution in [3.63, 3.8) is 0 Å². The number of hydrogen-bond donors (Lipinski definition) is 0. The van der Waals surface area contributed by atoms with E-state index in [1.165, 1.54) is 18.4 Å². The minimum atomic E-state index is -1.30. The molecule has 1 saturated heterocycles. The van der Waals surface area contributed by atoms with E-state index < -0.39 is 16.1 Å². The Morgan fingerprint density at radius 1 is 0.846 bits per heavy atom. The van der Waals surface area contributed by atoms with Crippen LogP contribution in [-0.2, 0) is 16.1 Å². The van der Waals surface area contributed by atoms with E-state index in [0.29, 0.717) is 18.8 Å². The maximum Gasteiger partial charge on any atom is 0.0716 e. The first kappa shape index (κ1) is 21.9. The molecule has 0 N–H and O–H groups in total. The van der Waals surface area contributed by atoms with E-state index in [9.17, 15) is 0 Å². The van der Waals surface area contributed by atoms with E-state index in [-0.39, 0.29) is 0 Å². The number of benzene rings is 1. The molecular formula is C22H40O2Si2. The van der Waals surface area contributed by atoms with Gasteiger partial charge in [0, 0.05) is 6.61 Å². The molecule has 1 heterocycles. The van der Waals surface area contributed by atoms with E-state index in [2.05, 4.69) is 76.5 Å². The molecule has 0 aliphatic carbocycles. The lowest BCUT2D eigenvalue weighted by Gasteiger charge is -2.40. The smallest absolute Gasteiger partial charge is 0.0716 e. The van der Waals surface area contributed by atoms with Gasteiger partial charge in [0.1, 0.15) is 0 Å². The first-order valence-electron chi connectivity index (χ1n) is 10.4. The molecular weight excluding hydrogens is 352 g/mol. The van der Waals surface area contributed by atoms with E-state index in [1.54, 1.807) is 0 Å². The Balaban J connectivity index is 2.02. The van der Waals surface area contributed by atoms with Gasteiger partial charge in [-0.05, 0) is 29.5 Å². The highest BCUT2D eigenvalue weighted by Gasteiger charge is 2.53. The van der Waals surface area contributed by atoms with E-state index >= 15 is 0 Å². The summed E-state index contributed by atoms with van der Waals surface area (Å²) in [4.78, 5) is 0. The van der Waals surface area contributed by atoms with Crippen LogP contribution in [0.4, 0.5) is 0 Å². The minimum Gasteiger partial charge on any atom is -0.377 e. The van der Waals surface area contributed by atoms with Crippen LogP contribution in [0.2, 0.25) is 50.4 Å². The first-order chi connectivity index (χ1) is 12.1. The molecule has 0 radical (unpaired) electrons. The summed E-state index contributed by atoms with van der Waals surface area (Å²) in [7, 11) is -2.57. The zero-order chi connectivity index (χ0) is 19.4. The third-order valence-corrected chi connectivity index (χ3v) is 11.6. The van der Waals surface area contributed by atoms with E-state index in [4.69, 9.17) is 9.47 Å². The predicted molar refractivity (Wildman–Crippen MR) is 118 cm³/mol. The van der Waals surface area contributed by atoms with Crippen molar-refractivity contribution in [2.45, 2.75) is 95.4 Å². The lowest BCUT2D eigenvalue weighted by atomic mass is 10.1. The van der Waals surface area contributed by atoms with Crippen LogP contribution >= 0.6 is 0 Å². The normalized spacial score (nSPS) is 27.0. The monoisotopic (exact) mass is 392 g/mol. The lowest BCUT2D eigenvalue weighted by Crippen LogP contribution is -2.44. The maximum absolute atomic E-state index is 6.72. The van der Waals surface area contributed by atoms with Crippen LogP contribution in [0, 0.1) is 0 Å². The second kappa shape index (κ2) is 9.18. The third-order valence-electron chi connectivity index (χ3n) is 5.77. The van der Waals surface area contributed by atoms with E-state index in [1.807, 2.05) is 0 Å². The molecule has 1 aliphatic rings. The molecule has 2 nitrogen and oxygen atoms in total. The van der Waals surface area contributed by atoms with Crippen LogP contribution in [0.25, 0.3) is 0 Å². The van der Waals surface area contributed by atoms with E-state index in [0.717, 1.165) is 24.1 Å². The number of rotatable bonds is 9. The Morgan fingerprint density at radius 2 is 1.38 bits per heavy atom. The summed E-state index contributed by atoms with van der Waals surface area (Å²) in [6, 6.07) is 10.5. The van der Waals surface area contributed by atoms with Gasteiger partial charge in [-0.1, -0.05) is 83.0 Å². The summed E-state index contributed by atoms with van der Waals surface area (Å²) in [5.41, 5.74) is 2.82. The fourth-order valence-corrected chi connectivity index (χ4v) is 13.1. The quantitative estimate of drug-likeness (QED) is 0.349. The number of ether oxygens (including phenoxy) is 2. The molecule has 1 aliphatic heterocycles. The molecule has 0 amide bonds. The van der Waals surface area contributed by atoms with Gasteiger partial charge >= 0.3 is 0 Å². The largest absolute Gasteiger partial charge is 0.377 e. The average Bonchev–Trinajstić information content (AvgIpc) is 2.92. The molecule has 0 saturated carbocycles. The summed E-state index contributed by atoms with van der Waals surface area (Å²) < 4.78 is 12.7. The third kappa shape index (κ3) is 5.78. The van der Waals surface area contributed by atoms with Gasteiger partial charge in [0.15, 0.2) is 0 Å². The molecule has 0 unspecified atom stereocenters. The SMILES string of the molecule is CCC[C@@H]1O[C@H](CCOCc2ccccc2)[C@H]([Si](C)(C)C)[C@H]1[Si](C)(C)C. The molecule has 4 heteroatoms. The van der Waals surface area contributed by atoms with Crippen LogP contribution < -0.4 is 0 Å². The average molecular weight is 393 g/mol. The van der Waals surface area contributed by atoms with Crippen molar-refractivity contribution >= 4 is 16.1 Å². The van der Waals surface area contributed by atoms with Crippen molar-refractivity contribution in [2.75, 3.05) is 6.61 Å². The van der Waals surface area contributed by atoms with Gasteiger partial charge in [0.25, 0.3) is 0 Å². The van der Waals surface area contributed by atoms with Crippen molar-refractivity contribution in [1.29, 1.82) is 0 Å². The Hall–Kier alpha value is -0.426. The fraction of sp³-hybridized carbons (Fsp3) is 0.727. The highest BCUT2D eigenvalue weighted by molar-refractivity contribution is 6.83. The van der Waals surface area contributed by atoms with Gasteiger partial charge in [-0.3, -0.25) is 0 Å². The zero-order valence-electron chi connectivity index (χ0n) is 18.0. The molecule has 26 heavy (non-hydrogen) atoms. The topological polar surface area (TPSA) is 18.5 Å². The molecule has 0 aromatic heterocycles. The molecule has 148 valence electrons. The van der Waals surface area contributed by atoms with Crippen LogP contribution in [-0.4, -0.2) is 35.0 Å². The van der Waals surface area contributed by atoms with Crippen LogP contribution in [0.3, 0.4) is 0 Å². The molecule has 2 rings (SSSR count). The second-order valence-corrected chi connectivity index (χ2v) is 20.9. The van der Waals surface area contributed by atoms with Gasteiger partial charge in [-0.15, -0.1) is 0 Å². The molecule has 1 aromatic carbocycles. The Morgan fingerprint density at radius 3 is 1.88 bits per heavy atom. The summed E-state index contributed by atoms with van der Waals surface area (Å²) in [6.45, 7) is 19.1. The van der Waals surface area contributed by atoms with Gasteiger partial charge < -0.3 is 9.47 Å². The molecule has 0 bridgehead atoms. The summed E-state index contributed by atoms with van der Waals surface area (Å²) >= 11 is 0. The Bertz CT molecular complexity index is 533.